The number of nitrogens with zero attached hydrogens (tertiary/aromatic N) is 2. The minimum atomic E-state index is -3.24. The fourth-order valence-electron chi connectivity index (χ4n) is 2.31. The maximum atomic E-state index is 11.5. The number of carbonyl (C=O) groups excluding carboxylic acids is 1. The summed E-state index contributed by atoms with van der Waals surface area (Å²) in [5.74, 6) is 0.0741. The highest BCUT2D eigenvalue weighted by atomic mass is 32.2. The molecule has 0 aromatic heterocycles. The molecule has 1 aliphatic heterocycles. The Morgan fingerprint density at radius 1 is 1.20 bits per heavy atom. The van der Waals surface area contributed by atoms with Crippen LogP contribution in [0.3, 0.4) is 0 Å². The molecule has 7 heteroatoms. The van der Waals surface area contributed by atoms with Gasteiger partial charge >= 0.3 is 0 Å². The van der Waals surface area contributed by atoms with Crippen molar-refractivity contribution in [1.29, 1.82) is 0 Å². The summed E-state index contributed by atoms with van der Waals surface area (Å²) in [5.41, 5.74) is 7.23. The van der Waals surface area contributed by atoms with Crippen LogP contribution < -0.4 is 10.6 Å². The molecule has 0 unspecified atom stereocenters. The van der Waals surface area contributed by atoms with E-state index in [1.807, 2.05) is 0 Å². The summed E-state index contributed by atoms with van der Waals surface area (Å²) in [6.07, 6.45) is 1.16. The van der Waals surface area contributed by atoms with Crippen molar-refractivity contribution >= 4 is 27.1 Å². The zero-order valence-corrected chi connectivity index (χ0v) is 12.5. The number of hydrogen-bond acceptors (Lipinski definition) is 5. The lowest BCUT2D eigenvalue weighted by Gasteiger charge is -2.36. The van der Waals surface area contributed by atoms with Gasteiger partial charge in [0.1, 0.15) is 0 Å². The molecule has 2 N–H and O–H groups in total. The molecule has 6 nitrogen and oxygen atoms in total. The number of carbonyl (C=O) groups is 1. The Kier molecular flexibility index (Phi) is 3.89. The van der Waals surface area contributed by atoms with Gasteiger partial charge < -0.3 is 15.5 Å². The standard InChI is InChI=1S/C13H19N3O3S/c1-10(17)15-5-7-16(8-6-15)13-4-3-11(9-12(13)14)20(2,18)19/h3-4,9H,5-8,14H2,1-2H3. The van der Waals surface area contributed by atoms with E-state index in [0.717, 1.165) is 11.9 Å². The Morgan fingerprint density at radius 2 is 1.80 bits per heavy atom. The second-order valence-corrected chi connectivity index (χ2v) is 7.00. The molecule has 0 aliphatic carbocycles. The van der Waals surface area contributed by atoms with Crippen molar-refractivity contribution in [3.05, 3.63) is 18.2 Å². The summed E-state index contributed by atoms with van der Waals surface area (Å²) >= 11 is 0. The van der Waals surface area contributed by atoms with Crippen molar-refractivity contribution in [2.45, 2.75) is 11.8 Å². The van der Waals surface area contributed by atoms with Crippen LogP contribution in [0.15, 0.2) is 23.1 Å². The quantitative estimate of drug-likeness (QED) is 0.796. The van der Waals surface area contributed by atoms with Crippen LogP contribution in [-0.4, -0.2) is 51.7 Å². The van der Waals surface area contributed by atoms with Crippen molar-refractivity contribution < 1.29 is 13.2 Å². The van der Waals surface area contributed by atoms with Crippen LogP contribution in [0.2, 0.25) is 0 Å². The van der Waals surface area contributed by atoms with Crippen LogP contribution in [0.4, 0.5) is 11.4 Å². The maximum Gasteiger partial charge on any atom is 0.219 e. The van der Waals surface area contributed by atoms with Gasteiger partial charge in [0.15, 0.2) is 9.84 Å². The van der Waals surface area contributed by atoms with E-state index in [1.165, 1.54) is 6.07 Å². The molecule has 0 spiro atoms. The molecule has 0 radical (unpaired) electrons. The Morgan fingerprint density at radius 3 is 2.25 bits per heavy atom. The van der Waals surface area contributed by atoms with Gasteiger partial charge in [0.2, 0.25) is 5.91 Å². The molecule has 1 aromatic rings. The number of piperazine rings is 1. The number of anilines is 2. The number of nitrogen functional groups attached to an aromatic ring is 1. The molecule has 2 rings (SSSR count). The number of hydrogen-bond donors (Lipinski definition) is 1. The van der Waals surface area contributed by atoms with E-state index < -0.39 is 9.84 Å². The zero-order valence-electron chi connectivity index (χ0n) is 11.7. The molecule has 110 valence electrons. The first kappa shape index (κ1) is 14.6. The van der Waals surface area contributed by atoms with Crippen LogP contribution >= 0.6 is 0 Å². The van der Waals surface area contributed by atoms with E-state index in [-0.39, 0.29) is 10.8 Å². The predicted molar refractivity (Wildman–Crippen MR) is 78.4 cm³/mol. The summed E-state index contributed by atoms with van der Waals surface area (Å²) in [7, 11) is -3.24. The van der Waals surface area contributed by atoms with Crippen LogP contribution in [0.1, 0.15) is 6.92 Å². The summed E-state index contributed by atoms with van der Waals surface area (Å²) in [6, 6.07) is 4.79. The second-order valence-electron chi connectivity index (χ2n) is 4.99. The van der Waals surface area contributed by atoms with Gasteiger partial charge in [-0.3, -0.25) is 4.79 Å². The zero-order chi connectivity index (χ0) is 14.9. The summed E-state index contributed by atoms with van der Waals surface area (Å²) in [5, 5.41) is 0. The van der Waals surface area contributed by atoms with E-state index in [0.29, 0.717) is 31.9 Å². The fourth-order valence-corrected chi connectivity index (χ4v) is 2.97. The largest absolute Gasteiger partial charge is 0.397 e. The van der Waals surface area contributed by atoms with E-state index in [4.69, 9.17) is 5.73 Å². The number of sulfone groups is 1. The smallest absolute Gasteiger partial charge is 0.219 e. The number of nitrogens with two attached hydrogens (primary N) is 1. The van der Waals surface area contributed by atoms with Crippen LogP contribution in [0, 0.1) is 0 Å². The molecule has 0 saturated carbocycles. The van der Waals surface area contributed by atoms with Crippen molar-refractivity contribution in [3.63, 3.8) is 0 Å². The fraction of sp³-hybridized carbons (Fsp3) is 0.462. The first-order valence-electron chi connectivity index (χ1n) is 6.39. The Hall–Kier alpha value is -1.76. The average Bonchev–Trinajstić information content (AvgIpc) is 2.37. The Labute approximate surface area is 119 Å². The van der Waals surface area contributed by atoms with Crippen molar-refractivity contribution in [2.75, 3.05) is 43.1 Å². The number of amides is 1. The van der Waals surface area contributed by atoms with E-state index in [2.05, 4.69) is 4.90 Å². The molecule has 0 atom stereocenters. The van der Waals surface area contributed by atoms with E-state index in [1.54, 1.807) is 24.0 Å². The highest BCUT2D eigenvalue weighted by Crippen LogP contribution is 2.27. The van der Waals surface area contributed by atoms with E-state index in [9.17, 15) is 13.2 Å². The van der Waals surface area contributed by atoms with Crippen molar-refractivity contribution in [1.82, 2.24) is 4.90 Å². The van der Waals surface area contributed by atoms with Gasteiger partial charge in [-0.05, 0) is 18.2 Å². The lowest BCUT2D eigenvalue weighted by Crippen LogP contribution is -2.48. The minimum Gasteiger partial charge on any atom is -0.397 e. The summed E-state index contributed by atoms with van der Waals surface area (Å²) < 4.78 is 23.0. The summed E-state index contributed by atoms with van der Waals surface area (Å²) in [4.78, 5) is 15.4. The second kappa shape index (κ2) is 5.32. The van der Waals surface area contributed by atoms with Gasteiger partial charge in [0.05, 0.1) is 16.3 Å². The highest BCUT2D eigenvalue weighted by Gasteiger charge is 2.20. The van der Waals surface area contributed by atoms with Gasteiger partial charge in [-0.2, -0.15) is 0 Å². The lowest BCUT2D eigenvalue weighted by atomic mass is 10.2. The Bertz CT molecular complexity index is 620. The van der Waals surface area contributed by atoms with Crippen molar-refractivity contribution in [3.8, 4) is 0 Å². The van der Waals surface area contributed by atoms with E-state index >= 15 is 0 Å². The maximum absolute atomic E-state index is 11.5. The first-order valence-corrected chi connectivity index (χ1v) is 8.28. The molecular weight excluding hydrogens is 278 g/mol. The number of rotatable bonds is 2. The molecule has 1 amide bonds. The van der Waals surface area contributed by atoms with Crippen LogP contribution in [-0.2, 0) is 14.6 Å². The minimum absolute atomic E-state index is 0.0741. The molecule has 1 fully saturated rings. The van der Waals surface area contributed by atoms with Gasteiger partial charge in [-0.15, -0.1) is 0 Å². The molecule has 1 aromatic carbocycles. The SMILES string of the molecule is CC(=O)N1CCN(c2ccc(S(C)(=O)=O)cc2N)CC1. The van der Waals surface area contributed by atoms with Crippen LogP contribution in [0.25, 0.3) is 0 Å². The van der Waals surface area contributed by atoms with Gasteiger partial charge in [0.25, 0.3) is 0 Å². The van der Waals surface area contributed by atoms with Gasteiger partial charge in [0, 0.05) is 39.4 Å². The molecular formula is C13H19N3O3S. The molecule has 0 bridgehead atoms. The summed E-state index contributed by atoms with van der Waals surface area (Å²) in [6.45, 7) is 4.26. The third kappa shape index (κ3) is 3.04. The number of benzene rings is 1. The Balaban J connectivity index is 2.17. The topological polar surface area (TPSA) is 83.7 Å². The van der Waals surface area contributed by atoms with Crippen molar-refractivity contribution in [2.24, 2.45) is 0 Å². The molecule has 1 heterocycles. The molecule has 20 heavy (non-hydrogen) atoms. The van der Waals surface area contributed by atoms with Gasteiger partial charge in [-0.1, -0.05) is 0 Å². The van der Waals surface area contributed by atoms with Crippen LogP contribution in [0.5, 0.6) is 0 Å². The first-order chi connectivity index (χ1) is 9.29. The highest BCUT2D eigenvalue weighted by molar-refractivity contribution is 7.90. The monoisotopic (exact) mass is 297 g/mol. The lowest BCUT2D eigenvalue weighted by molar-refractivity contribution is -0.129. The molecule has 1 saturated heterocycles. The normalized spacial score (nSPS) is 16.3. The molecule has 1 aliphatic rings. The third-order valence-corrected chi connectivity index (χ3v) is 4.60. The predicted octanol–water partition coefficient (Wildman–Crippen LogP) is 0.341. The third-order valence-electron chi connectivity index (χ3n) is 3.49. The average molecular weight is 297 g/mol. The van der Waals surface area contributed by atoms with Gasteiger partial charge in [-0.25, -0.2) is 8.42 Å².